The van der Waals surface area contributed by atoms with Crippen LogP contribution in [-0.4, -0.2) is 6.54 Å². The molecule has 2 aromatic rings. The van der Waals surface area contributed by atoms with E-state index >= 15 is 0 Å². The smallest absolute Gasteiger partial charge is 0.123 e. The van der Waals surface area contributed by atoms with Gasteiger partial charge in [-0.05, 0) is 42.5 Å². The molecule has 0 fully saturated rings. The van der Waals surface area contributed by atoms with Crippen molar-refractivity contribution < 1.29 is 4.39 Å². The van der Waals surface area contributed by atoms with Crippen LogP contribution in [-0.2, 0) is 6.42 Å². The summed E-state index contributed by atoms with van der Waals surface area (Å²) in [5.74, 6) is -0.172. The predicted octanol–water partition coefficient (Wildman–Crippen LogP) is 3.78. The highest BCUT2D eigenvalue weighted by atomic mass is 32.1. The monoisotopic (exact) mass is 249 g/mol. The van der Waals surface area contributed by atoms with Gasteiger partial charge in [0.25, 0.3) is 0 Å². The molecule has 0 aliphatic rings. The lowest BCUT2D eigenvalue weighted by Gasteiger charge is -2.13. The molecule has 1 N–H and O–H groups in total. The van der Waals surface area contributed by atoms with Crippen LogP contribution in [0.15, 0.2) is 41.8 Å². The number of nitrogens with one attached hydrogen (secondary N) is 1. The number of halogens is 1. The van der Waals surface area contributed by atoms with Crippen LogP contribution in [0.2, 0.25) is 0 Å². The molecule has 17 heavy (non-hydrogen) atoms. The first-order valence-corrected chi connectivity index (χ1v) is 6.65. The quantitative estimate of drug-likeness (QED) is 0.850. The van der Waals surface area contributed by atoms with Crippen molar-refractivity contribution in [3.05, 3.63) is 58.0 Å². The fraction of sp³-hybridized carbons (Fsp3) is 0.286. The van der Waals surface area contributed by atoms with Crippen LogP contribution in [0.1, 0.15) is 23.4 Å². The van der Waals surface area contributed by atoms with Gasteiger partial charge in [0, 0.05) is 17.5 Å². The summed E-state index contributed by atoms with van der Waals surface area (Å²) < 4.78 is 13.0. The van der Waals surface area contributed by atoms with Gasteiger partial charge in [0.1, 0.15) is 5.82 Å². The summed E-state index contributed by atoms with van der Waals surface area (Å²) in [4.78, 5) is 1.38. The minimum atomic E-state index is -0.172. The number of hydrogen-bond donors (Lipinski definition) is 1. The van der Waals surface area contributed by atoms with E-state index < -0.39 is 0 Å². The van der Waals surface area contributed by atoms with E-state index in [1.165, 1.54) is 10.9 Å². The molecule has 0 radical (unpaired) electrons. The number of benzene rings is 1. The zero-order chi connectivity index (χ0) is 12.1. The summed E-state index contributed by atoms with van der Waals surface area (Å²) in [6.45, 7) is 2.97. The molecular weight excluding hydrogens is 233 g/mol. The molecule has 1 atom stereocenters. The SMILES string of the molecule is CC(NCCc1cccs1)c1cccc(F)c1. The molecule has 0 spiro atoms. The van der Waals surface area contributed by atoms with Crippen molar-refractivity contribution >= 4 is 11.3 Å². The van der Waals surface area contributed by atoms with Crippen LogP contribution >= 0.6 is 11.3 Å². The predicted molar refractivity (Wildman–Crippen MR) is 70.8 cm³/mol. The minimum Gasteiger partial charge on any atom is -0.310 e. The molecule has 1 heterocycles. The molecule has 2 rings (SSSR count). The Bertz CT molecular complexity index is 453. The Kier molecular flexibility index (Phi) is 4.29. The van der Waals surface area contributed by atoms with Crippen LogP contribution in [0.4, 0.5) is 4.39 Å². The average molecular weight is 249 g/mol. The molecule has 0 bridgehead atoms. The number of rotatable bonds is 5. The lowest BCUT2D eigenvalue weighted by atomic mass is 10.1. The van der Waals surface area contributed by atoms with Crippen LogP contribution in [0.25, 0.3) is 0 Å². The third-order valence-corrected chi connectivity index (χ3v) is 3.69. The van der Waals surface area contributed by atoms with Crippen molar-refractivity contribution in [2.75, 3.05) is 6.54 Å². The molecule has 3 heteroatoms. The Morgan fingerprint density at radius 1 is 1.29 bits per heavy atom. The van der Waals surface area contributed by atoms with Crippen molar-refractivity contribution in [1.82, 2.24) is 5.32 Å². The first-order chi connectivity index (χ1) is 8.25. The number of thiophene rings is 1. The van der Waals surface area contributed by atoms with E-state index in [-0.39, 0.29) is 11.9 Å². The third-order valence-electron chi connectivity index (χ3n) is 2.75. The van der Waals surface area contributed by atoms with Crippen LogP contribution < -0.4 is 5.32 Å². The van der Waals surface area contributed by atoms with Crippen molar-refractivity contribution in [3.63, 3.8) is 0 Å². The Balaban J connectivity index is 1.83. The zero-order valence-electron chi connectivity index (χ0n) is 9.82. The van der Waals surface area contributed by atoms with E-state index in [0.717, 1.165) is 18.5 Å². The molecular formula is C14H16FNS. The van der Waals surface area contributed by atoms with Gasteiger partial charge in [0.15, 0.2) is 0 Å². The second-order valence-corrected chi connectivity index (χ2v) is 5.09. The second kappa shape index (κ2) is 5.94. The Morgan fingerprint density at radius 2 is 2.18 bits per heavy atom. The first-order valence-electron chi connectivity index (χ1n) is 5.77. The molecule has 1 aromatic heterocycles. The molecule has 0 saturated carbocycles. The van der Waals surface area contributed by atoms with Crippen LogP contribution in [0, 0.1) is 5.82 Å². The first kappa shape index (κ1) is 12.3. The summed E-state index contributed by atoms with van der Waals surface area (Å²) in [7, 11) is 0. The maximum Gasteiger partial charge on any atom is 0.123 e. The zero-order valence-corrected chi connectivity index (χ0v) is 10.6. The Morgan fingerprint density at radius 3 is 2.88 bits per heavy atom. The van der Waals surface area contributed by atoms with Gasteiger partial charge in [-0.15, -0.1) is 11.3 Å². The van der Waals surface area contributed by atoms with Crippen molar-refractivity contribution in [2.45, 2.75) is 19.4 Å². The van der Waals surface area contributed by atoms with Gasteiger partial charge in [0.2, 0.25) is 0 Å². The van der Waals surface area contributed by atoms with Gasteiger partial charge in [-0.1, -0.05) is 18.2 Å². The molecule has 90 valence electrons. The third kappa shape index (κ3) is 3.65. The van der Waals surface area contributed by atoms with Gasteiger partial charge in [-0.25, -0.2) is 4.39 Å². The van der Waals surface area contributed by atoms with E-state index in [0.29, 0.717) is 0 Å². The summed E-state index contributed by atoms with van der Waals surface area (Å²) in [6, 6.07) is 11.2. The summed E-state index contributed by atoms with van der Waals surface area (Å²) in [5.41, 5.74) is 0.996. The topological polar surface area (TPSA) is 12.0 Å². The molecule has 0 saturated heterocycles. The van der Waals surface area contributed by atoms with E-state index in [1.54, 1.807) is 23.5 Å². The van der Waals surface area contributed by atoms with Crippen molar-refractivity contribution in [2.24, 2.45) is 0 Å². The molecule has 0 aliphatic heterocycles. The largest absolute Gasteiger partial charge is 0.310 e. The van der Waals surface area contributed by atoms with E-state index in [1.807, 2.05) is 6.07 Å². The van der Waals surface area contributed by atoms with Gasteiger partial charge in [-0.3, -0.25) is 0 Å². The average Bonchev–Trinajstić information content (AvgIpc) is 2.82. The lowest BCUT2D eigenvalue weighted by Crippen LogP contribution is -2.21. The fourth-order valence-electron chi connectivity index (χ4n) is 1.76. The van der Waals surface area contributed by atoms with E-state index in [2.05, 4.69) is 29.8 Å². The highest BCUT2D eigenvalue weighted by Crippen LogP contribution is 2.14. The Labute approximate surface area is 105 Å². The Hall–Kier alpha value is -1.19. The molecule has 1 unspecified atom stereocenters. The standard InChI is InChI=1S/C14H16FNS/c1-11(12-4-2-5-13(15)10-12)16-8-7-14-6-3-9-17-14/h2-6,9-11,16H,7-8H2,1H3. The second-order valence-electron chi connectivity index (χ2n) is 4.06. The maximum absolute atomic E-state index is 13.0. The summed E-state index contributed by atoms with van der Waals surface area (Å²) >= 11 is 1.77. The van der Waals surface area contributed by atoms with E-state index in [9.17, 15) is 4.39 Å². The molecule has 0 amide bonds. The van der Waals surface area contributed by atoms with Gasteiger partial charge in [0.05, 0.1) is 0 Å². The van der Waals surface area contributed by atoms with E-state index in [4.69, 9.17) is 0 Å². The van der Waals surface area contributed by atoms with Gasteiger partial charge < -0.3 is 5.32 Å². The highest BCUT2D eigenvalue weighted by molar-refractivity contribution is 7.09. The van der Waals surface area contributed by atoms with Gasteiger partial charge in [-0.2, -0.15) is 0 Å². The summed E-state index contributed by atoms with van der Waals surface area (Å²) in [5, 5.41) is 5.49. The van der Waals surface area contributed by atoms with Crippen molar-refractivity contribution in [3.8, 4) is 0 Å². The van der Waals surface area contributed by atoms with Crippen LogP contribution in [0.5, 0.6) is 0 Å². The molecule has 1 nitrogen and oxygen atoms in total. The normalized spacial score (nSPS) is 12.6. The van der Waals surface area contributed by atoms with Crippen molar-refractivity contribution in [1.29, 1.82) is 0 Å². The molecule has 0 aliphatic carbocycles. The van der Waals surface area contributed by atoms with Crippen LogP contribution in [0.3, 0.4) is 0 Å². The molecule has 1 aromatic carbocycles. The van der Waals surface area contributed by atoms with Gasteiger partial charge >= 0.3 is 0 Å². The number of hydrogen-bond acceptors (Lipinski definition) is 2. The lowest BCUT2D eigenvalue weighted by molar-refractivity contribution is 0.568. The summed E-state index contributed by atoms with van der Waals surface area (Å²) in [6.07, 6.45) is 1.03. The highest BCUT2D eigenvalue weighted by Gasteiger charge is 2.05. The minimum absolute atomic E-state index is 0.172. The maximum atomic E-state index is 13.0. The fourth-order valence-corrected chi connectivity index (χ4v) is 2.47.